The molecule has 0 aliphatic heterocycles. The Labute approximate surface area is 119 Å². The van der Waals surface area contributed by atoms with Gasteiger partial charge in [0.05, 0.1) is 5.54 Å². The van der Waals surface area contributed by atoms with Gasteiger partial charge in [0.1, 0.15) is 5.69 Å². The van der Waals surface area contributed by atoms with E-state index >= 15 is 0 Å². The molecule has 3 N–H and O–H groups in total. The molecule has 1 heterocycles. The highest BCUT2D eigenvalue weighted by molar-refractivity contribution is 5.94. The van der Waals surface area contributed by atoms with Crippen LogP contribution >= 0.6 is 0 Å². The summed E-state index contributed by atoms with van der Waals surface area (Å²) in [4.78, 5) is 16.5. The number of nitrogens with one attached hydrogen (secondary N) is 1. The van der Waals surface area contributed by atoms with Gasteiger partial charge in [0.15, 0.2) is 0 Å². The van der Waals surface area contributed by atoms with Gasteiger partial charge in [-0.3, -0.25) is 9.78 Å². The maximum Gasteiger partial charge on any atom is 0.270 e. The zero-order chi connectivity index (χ0) is 14.6. The molecule has 4 heteroatoms. The molecule has 1 amide bonds. The van der Waals surface area contributed by atoms with Crippen LogP contribution in [0, 0.1) is 6.92 Å². The third-order valence-electron chi connectivity index (χ3n) is 3.43. The van der Waals surface area contributed by atoms with Crippen LogP contribution in [0.5, 0.6) is 0 Å². The molecule has 0 aliphatic rings. The van der Waals surface area contributed by atoms with Crippen molar-refractivity contribution in [2.75, 3.05) is 6.54 Å². The number of benzene rings is 1. The molecule has 0 saturated heterocycles. The predicted octanol–water partition coefficient (Wildman–Crippen LogP) is 1.99. The summed E-state index contributed by atoms with van der Waals surface area (Å²) in [7, 11) is 0. The lowest BCUT2D eigenvalue weighted by Gasteiger charge is -2.30. The van der Waals surface area contributed by atoms with E-state index in [1.807, 2.05) is 56.3 Å². The van der Waals surface area contributed by atoms with Crippen molar-refractivity contribution in [3.8, 4) is 0 Å². The van der Waals surface area contributed by atoms with Gasteiger partial charge in [0.25, 0.3) is 5.91 Å². The van der Waals surface area contributed by atoms with Crippen LogP contribution in [0.3, 0.4) is 0 Å². The first-order valence-corrected chi connectivity index (χ1v) is 6.56. The van der Waals surface area contributed by atoms with Crippen molar-refractivity contribution in [1.82, 2.24) is 10.3 Å². The van der Waals surface area contributed by atoms with E-state index in [4.69, 9.17) is 5.73 Å². The first kappa shape index (κ1) is 14.2. The Morgan fingerprint density at radius 1 is 1.25 bits per heavy atom. The molecule has 1 aromatic heterocycles. The minimum atomic E-state index is -0.609. The second kappa shape index (κ2) is 5.84. The van der Waals surface area contributed by atoms with E-state index in [1.165, 1.54) is 0 Å². The highest BCUT2D eigenvalue weighted by Crippen LogP contribution is 2.20. The summed E-state index contributed by atoms with van der Waals surface area (Å²) < 4.78 is 0. The zero-order valence-corrected chi connectivity index (χ0v) is 11.8. The summed E-state index contributed by atoms with van der Waals surface area (Å²) >= 11 is 0. The largest absolute Gasteiger partial charge is 0.340 e. The van der Waals surface area contributed by atoms with E-state index in [-0.39, 0.29) is 5.91 Å². The molecule has 0 fully saturated rings. The van der Waals surface area contributed by atoms with Gasteiger partial charge in [-0.25, -0.2) is 0 Å². The molecule has 104 valence electrons. The molecule has 1 unspecified atom stereocenters. The smallest absolute Gasteiger partial charge is 0.270 e. The molecule has 4 nitrogen and oxygen atoms in total. The van der Waals surface area contributed by atoms with Crippen LogP contribution in [0.25, 0.3) is 0 Å². The molecular formula is C16H19N3O. The number of nitrogens with zero attached hydrogens (tertiary/aromatic N) is 1. The Morgan fingerprint density at radius 3 is 2.55 bits per heavy atom. The topological polar surface area (TPSA) is 68.0 Å². The molecule has 1 aromatic carbocycles. The molecular weight excluding hydrogens is 250 g/mol. The molecule has 0 spiro atoms. The maximum absolute atomic E-state index is 12.4. The van der Waals surface area contributed by atoms with Crippen molar-refractivity contribution >= 4 is 5.91 Å². The summed E-state index contributed by atoms with van der Waals surface area (Å²) in [5.41, 5.74) is 7.51. The van der Waals surface area contributed by atoms with Gasteiger partial charge in [0, 0.05) is 12.7 Å². The van der Waals surface area contributed by atoms with E-state index in [0.717, 1.165) is 11.1 Å². The monoisotopic (exact) mass is 269 g/mol. The summed E-state index contributed by atoms with van der Waals surface area (Å²) in [5, 5.41) is 2.99. The van der Waals surface area contributed by atoms with Crippen LogP contribution in [0.4, 0.5) is 0 Å². The van der Waals surface area contributed by atoms with Crippen molar-refractivity contribution in [3.05, 3.63) is 65.5 Å². The fourth-order valence-electron chi connectivity index (χ4n) is 2.08. The third-order valence-corrected chi connectivity index (χ3v) is 3.43. The number of amides is 1. The van der Waals surface area contributed by atoms with Crippen LogP contribution in [-0.4, -0.2) is 17.4 Å². The number of nitrogens with two attached hydrogens (primary N) is 1. The fourth-order valence-corrected chi connectivity index (χ4v) is 2.08. The van der Waals surface area contributed by atoms with Crippen LogP contribution in [0.2, 0.25) is 0 Å². The summed E-state index contributed by atoms with van der Waals surface area (Å²) in [6, 6.07) is 13.4. The summed E-state index contributed by atoms with van der Waals surface area (Å²) in [5.74, 6) is -0.208. The molecule has 1 atom stereocenters. The maximum atomic E-state index is 12.4. The summed E-state index contributed by atoms with van der Waals surface area (Å²) in [6.07, 6.45) is 1.62. The Kier molecular flexibility index (Phi) is 4.15. The van der Waals surface area contributed by atoms with Crippen molar-refractivity contribution < 1.29 is 4.79 Å². The standard InChI is InChI=1S/C16H19N3O/c1-12-7-6-10-18-14(12)15(20)19-16(2,11-17)13-8-4-3-5-9-13/h3-10H,11,17H2,1-2H3,(H,19,20). The van der Waals surface area contributed by atoms with Gasteiger partial charge in [-0.1, -0.05) is 36.4 Å². The molecule has 2 rings (SSSR count). The molecule has 2 aromatic rings. The zero-order valence-electron chi connectivity index (χ0n) is 11.8. The Bertz CT molecular complexity index is 598. The van der Waals surface area contributed by atoms with Crippen LogP contribution < -0.4 is 11.1 Å². The fraction of sp³-hybridized carbons (Fsp3) is 0.250. The predicted molar refractivity (Wildman–Crippen MR) is 79.3 cm³/mol. The van der Waals surface area contributed by atoms with Crippen molar-refractivity contribution in [2.24, 2.45) is 5.73 Å². The molecule has 0 aliphatic carbocycles. The number of aryl methyl sites for hydroxylation is 1. The molecule has 0 radical (unpaired) electrons. The number of carbonyl (C=O) groups excluding carboxylic acids is 1. The Balaban J connectivity index is 2.27. The lowest BCUT2D eigenvalue weighted by atomic mass is 9.92. The quantitative estimate of drug-likeness (QED) is 0.892. The first-order valence-electron chi connectivity index (χ1n) is 6.56. The summed E-state index contributed by atoms with van der Waals surface area (Å²) in [6.45, 7) is 4.09. The number of carbonyl (C=O) groups is 1. The van der Waals surface area contributed by atoms with Gasteiger partial charge >= 0.3 is 0 Å². The van der Waals surface area contributed by atoms with Crippen molar-refractivity contribution in [3.63, 3.8) is 0 Å². The van der Waals surface area contributed by atoms with Gasteiger partial charge < -0.3 is 11.1 Å². The average molecular weight is 269 g/mol. The molecule has 0 saturated carbocycles. The number of aromatic nitrogens is 1. The third kappa shape index (κ3) is 2.86. The number of pyridine rings is 1. The lowest BCUT2D eigenvalue weighted by Crippen LogP contribution is -2.49. The average Bonchev–Trinajstić information content (AvgIpc) is 2.48. The molecule has 0 bridgehead atoms. The van der Waals surface area contributed by atoms with E-state index < -0.39 is 5.54 Å². The second-order valence-corrected chi connectivity index (χ2v) is 5.03. The minimum Gasteiger partial charge on any atom is -0.340 e. The van der Waals surface area contributed by atoms with E-state index in [2.05, 4.69) is 10.3 Å². The normalized spacial score (nSPS) is 13.6. The van der Waals surface area contributed by atoms with E-state index in [9.17, 15) is 4.79 Å². The van der Waals surface area contributed by atoms with Gasteiger partial charge in [-0.05, 0) is 31.0 Å². The number of hydrogen-bond donors (Lipinski definition) is 2. The van der Waals surface area contributed by atoms with Crippen LogP contribution in [0.1, 0.15) is 28.5 Å². The van der Waals surface area contributed by atoms with Gasteiger partial charge in [0.2, 0.25) is 0 Å². The Morgan fingerprint density at radius 2 is 1.95 bits per heavy atom. The first-order chi connectivity index (χ1) is 9.57. The van der Waals surface area contributed by atoms with Crippen molar-refractivity contribution in [2.45, 2.75) is 19.4 Å². The van der Waals surface area contributed by atoms with Gasteiger partial charge in [-0.15, -0.1) is 0 Å². The van der Waals surface area contributed by atoms with Gasteiger partial charge in [-0.2, -0.15) is 0 Å². The van der Waals surface area contributed by atoms with Crippen LogP contribution in [0.15, 0.2) is 48.7 Å². The lowest BCUT2D eigenvalue weighted by molar-refractivity contribution is 0.0901. The minimum absolute atomic E-state index is 0.208. The number of rotatable bonds is 4. The molecule has 20 heavy (non-hydrogen) atoms. The van der Waals surface area contributed by atoms with Crippen molar-refractivity contribution in [1.29, 1.82) is 0 Å². The highest BCUT2D eigenvalue weighted by atomic mass is 16.2. The SMILES string of the molecule is Cc1cccnc1C(=O)NC(C)(CN)c1ccccc1. The Hall–Kier alpha value is -2.20. The highest BCUT2D eigenvalue weighted by Gasteiger charge is 2.28. The van der Waals surface area contributed by atoms with E-state index in [1.54, 1.807) is 6.20 Å². The second-order valence-electron chi connectivity index (χ2n) is 5.03. The van der Waals surface area contributed by atoms with Crippen LogP contribution in [-0.2, 0) is 5.54 Å². The number of hydrogen-bond acceptors (Lipinski definition) is 3. The van der Waals surface area contributed by atoms with E-state index in [0.29, 0.717) is 12.2 Å².